The Kier molecular flexibility index (Phi) is 8.82. The number of carboxylic acid groups (broad SMARTS) is 1. The first-order valence-corrected chi connectivity index (χ1v) is 13.7. The molecule has 1 aliphatic carbocycles. The minimum absolute atomic E-state index is 0.00973. The summed E-state index contributed by atoms with van der Waals surface area (Å²) in [5.74, 6) is -1.62. The molecule has 3 unspecified atom stereocenters. The average Bonchev–Trinajstić information content (AvgIpc) is 3.70. The van der Waals surface area contributed by atoms with Gasteiger partial charge in [-0.1, -0.05) is 36.0 Å². The summed E-state index contributed by atoms with van der Waals surface area (Å²) in [6, 6.07) is 4.92. The first-order chi connectivity index (χ1) is 17.7. The molecule has 3 fully saturated rings. The smallest absolute Gasteiger partial charge is 0.326 e. The molecule has 2 heterocycles. The summed E-state index contributed by atoms with van der Waals surface area (Å²) in [4.78, 5) is 54.5. The van der Waals surface area contributed by atoms with Gasteiger partial charge in [0.25, 0.3) is 0 Å². The highest BCUT2D eigenvalue weighted by molar-refractivity contribution is 8.14. The molecule has 2 saturated heterocycles. The lowest BCUT2D eigenvalue weighted by atomic mass is 9.93. The summed E-state index contributed by atoms with van der Waals surface area (Å²) < 4.78 is 14.8. The van der Waals surface area contributed by atoms with Crippen molar-refractivity contribution in [1.82, 2.24) is 14.7 Å². The summed E-state index contributed by atoms with van der Waals surface area (Å²) in [6.07, 6.45) is 4.35. The second-order valence-corrected chi connectivity index (χ2v) is 11.5. The number of carbonyl (C=O) groups is 4. The van der Waals surface area contributed by atoms with Crippen molar-refractivity contribution in [3.63, 3.8) is 0 Å². The summed E-state index contributed by atoms with van der Waals surface area (Å²) >= 11 is 1.27. The van der Waals surface area contributed by atoms with Crippen LogP contribution < -0.4 is 0 Å². The van der Waals surface area contributed by atoms with Crippen molar-refractivity contribution >= 4 is 34.5 Å². The predicted molar refractivity (Wildman–Crippen MR) is 138 cm³/mol. The highest BCUT2D eigenvalue weighted by Crippen LogP contribution is 2.40. The monoisotopic (exact) mass is 531 g/mol. The van der Waals surface area contributed by atoms with Gasteiger partial charge in [0.2, 0.25) is 5.91 Å². The fourth-order valence-electron chi connectivity index (χ4n) is 5.13. The van der Waals surface area contributed by atoms with Crippen LogP contribution in [0.1, 0.15) is 44.7 Å². The van der Waals surface area contributed by atoms with Gasteiger partial charge in [-0.25, -0.2) is 9.18 Å². The quantitative estimate of drug-likeness (QED) is 0.486. The van der Waals surface area contributed by atoms with Crippen LogP contribution in [0.2, 0.25) is 0 Å². The van der Waals surface area contributed by atoms with E-state index in [-0.39, 0.29) is 40.3 Å². The van der Waals surface area contributed by atoms with Gasteiger partial charge in [-0.3, -0.25) is 24.2 Å². The molecule has 1 aromatic rings. The maximum Gasteiger partial charge on any atom is 0.326 e. The number of aliphatic carboxylic acids is 1. The first kappa shape index (κ1) is 27.5. The van der Waals surface area contributed by atoms with Gasteiger partial charge in [-0.05, 0) is 37.8 Å². The second-order valence-electron chi connectivity index (χ2n) is 10.1. The number of rotatable bonds is 9. The van der Waals surface area contributed by atoms with Gasteiger partial charge >= 0.3 is 5.97 Å². The molecule has 0 aromatic heterocycles. The zero-order chi connectivity index (χ0) is 26.7. The lowest BCUT2D eigenvalue weighted by Crippen LogP contribution is -2.55. The minimum Gasteiger partial charge on any atom is -0.480 e. The van der Waals surface area contributed by atoms with E-state index in [4.69, 9.17) is 0 Å². The van der Waals surface area contributed by atoms with E-state index in [0.717, 1.165) is 18.4 Å². The van der Waals surface area contributed by atoms with Crippen LogP contribution in [0.3, 0.4) is 0 Å². The Morgan fingerprint density at radius 2 is 1.86 bits per heavy atom. The zero-order valence-electron chi connectivity index (χ0n) is 21.3. The van der Waals surface area contributed by atoms with Gasteiger partial charge < -0.3 is 10.0 Å². The van der Waals surface area contributed by atoms with E-state index in [0.29, 0.717) is 44.7 Å². The van der Waals surface area contributed by atoms with Gasteiger partial charge in [0.1, 0.15) is 11.9 Å². The van der Waals surface area contributed by atoms with Gasteiger partial charge in [0.15, 0.2) is 10.9 Å². The van der Waals surface area contributed by atoms with Crippen molar-refractivity contribution in [2.24, 2.45) is 5.92 Å². The Balaban J connectivity index is 1.51. The molecule has 1 saturated carbocycles. The van der Waals surface area contributed by atoms with Crippen LogP contribution >= 0.6 is 11.8 Å². The molecule has 0 radical (unpaired) electrons. The van der Waals surface area contributed by atoms with E-state index >= 15 is 0 Å². The van der Waals surface area contributed by atoms with Crippen LogP contribution in [0.25, 0.3) is 0 Å². The Hall–Kier alpha value is -2.56. The maximum absolute atomic E-state index is 14.8. The Morgan fingerprint density at radius 1 is 1.14 bits per heavy atom. The molecular weight excluding hydrogens is 497 g/mol. The predicted octanol–water partition coefficient (Wildman–Crippen LogP) is 2.74. The zero-order valence-corrected chi connectivity index (χ0v) is 22.1. The number of nitrogens with zero attached hydrogens (tertiary/aromatic N) is 3. The molecule has 37 heavy (non-hydrogen) atoms. The summed E-state index contributed by atoms with van der Waals surface area (Å²) in [6.45, 7) is 5.52. The lowest BCUT2D eigenvalue weighted by Gasteiger charge is -2.39. The van der Waals surface area contributed by atoms with E-state index in [1.165, 1.54) is 36.6 Å². The van der Waals surface area contributed by atoms with E-state index in [1.807, 2.05) is 15.9 Å². The molecule has 10 heteroatoms. The van der Waals surface area contributed by atoms with Crippen molar-refractivity contribution < 1.29 is 28.7 Å². The number of hydrogen-bond donors (Lipinski definition) is 1. The van der Waals surface area contributed by atoms with Crippen LogP contribution in [0.5, 0.6) is 0 Å². The molecule has 8 nitrogen and oxygen atoms in total. The summed E-state index contributed by atoms with van der Waals surface area (Å²) in [5.41, 5.74) is 1.39. The lowest BCUT2D eigenvalue weighted by molar-refractivity contribution is -0.152. The van der Waals surface area contributed by atoms with E-state index in [1.54, 1.807) is 18.2 Å². The second kappa shape index (κ2) is 11.9. The fraction of sp³-hybridized carbons (Fsp3) is 0.556. The first-order valence-electron chi connectivity index (χ1n) is 12.8. The largest absolute Gasteiger partial charge is 0.480 e. The number of Topliss-reactive ketones (excluding diaryl/α,β-unsaturated/α-hetero) is 1. The van der Waals surface area contributed by atoms with Crippen molar-refractivity contribution in [2.75, 3.05) is 39.3 Å². The number of piperazine rings is 1. The molecule has 0 bridgehead atoms. The van der Waals surface area contributed by atoms with Crippen LogP contribution in [0, 0.1) is 11.7 Å². The van der Waals surface area contributed by atoms with E-state index in [2.05, 4.69) is 0 Å². The Bertz CT molecular complexity index is 1090. The van der Waals surface area contributed by atoms with Crippen molar-refractivity contribution in [1.29, 1.82) is 0 Å². The van der Waals surface area contributed by atoms with Gasteiger partial charge in [0, 0.05) is 56.4 Å². The number of piperidine rings is 1. The molecule has 3 atom stereocenters. The van der Waals surface area contributed by atoms with Gasteiger partial charge in [-0.2, -0.15) is 0 Å². The van der Waals surface area contributed by atoms with Crippen molar-refractivity contribution in [3.05, 3.63) is 47.3 Å². The van der Waals surface area contributed by atoms with Crippen LogP contribution in [-0.2, 0) is 19.2 Å². The molecule has 1 amide bonds. The number of carbonyl (C=O) groups excluding carboxylic acids is 3. The number of thioether (sulfide) groups is 1. The highest BCUT2D eigenvalue weighted by Gasteiger charge is 2.41. The fourth-order valence-corrected chi connectivity index (χ4v) is 6.08. The van der Waals surface area contributed by atoms with Crippen molar-refractivity contribution in [2.45, 2.75) is 50.4 Å². The van der Waals surface area contributed by atoms with E-state index < -0.39 is 18.1 Å². The molecule has 2 aliphatic heterocycles. The van der Waals surface area contributed by atoms with Crippen LogP contribution in [0.15, 0.2) is 35.9 Å². The van der Waals surface area contributed by atoms with E-state index in [9.17, 15) is 28.7 Å². The average molecular weight is 532 g/mol. The number of amides is 1. The topological polar surface area (TPSA) is 98.2 Å². The molecule has 0 spiro atoms. The molecule has 3 aliphatic rings. The van der Waals surface area contributed by atoms with Crippen LogP contribution in [0.4, 0.5) is 4.39 Å². The van der Waals surface area contributed by atoms with Crippen molar-refractivity contribution in [3.8, 4) is 0 Å². The number of likely N-dealkylation sites (tertiary alicyclic amines) is 1. The number of carboxylic acids is 1. The number of ketones is 1. The molecule has 200 valence electrons. The molecule has 1 N–H and O–H groups in total. The summed E-state index contributed by atoms with van der Waals surface area (Å²) in [5, 5.41) is 9.20. The standard InChI is InChI=1S/C27H34FN3O5S/c1-17(27(35)36)31-14-13-29(16-24(31)33)11-9-20-15-30(12-10-23(20)37-18(2)32)25(26(34)19-7-8-19)21-5-3-4-6-22(21)28/h3-6,9,17,19,23,25H,7-8,10-16H2,1-2H3,(H,35,36)/b20-9-. The highest BCUT2D eigenvalue weighted by atomic mass is 32.2. The molecule has 4 rings (SSSR count). The summed E-state index contributed by atoms with van der Waals surface area (Å²) in [7, 11) is 0. The SMILES string of the molecule is CC(=O)SC1CCN(C(C(=O)C2CC2)c2ccccc2F)C/C1=C/CN1CCN(C(C)C(=O)O)C(=O)C1. The van der Waals surface area contributed by atoms with Crippen LogP contribution in [-0.4, -0.2) is 93.1 Å². The van der Waals surface area contributed by atoms with Gasteiger partial charge in [-0.15, -0.1) is 0 Å². The third-order valence-corrected chi connectivity index (χ3v) is 8.53. The molecule has 1 aromatic carbocycles. The van der Waals surface area contributed by atoms with Gasteiger partial charge in [0.05, 0.1) is 12.6 Å². The third kappa shape index (κ3) is 6.66. The Labute approximate surface area is 220 Å². The minimum atomic E-state index is -1.03. The Morgan fingerprint density at radius 3 is 2.49 bits per heavy atom. The third-order valence-electron chi connectivity index (χ3n) is 7.37. The number of benzene rings is 1. The molecular formula is C27H34FN3O5S. The number of halogens is 1. The normalized spacial score (nSPS) is 24.2. The maximum atomic E-state index is 14.8. The number of hydrogen-bond acceptors (Lipinski definition) is 7.